The Balaban J connectivity index is 1.11. The second-order valence-corrected chi connectivity index (χ2v) is 16.8. The lowest BCUT2D eigenvalue weighted by Crippen LogP contribution is -2.50. The first-order valence-electron chi connectivity index (χ1n) is 17.8. The highest BCUT2D eigenvalue weighted by Crippen LogP contribution is 2.49. The first-order chi connectivity index (χ1) is 23.6. The number of aromatic nitrogens is 2. The summed E-state index contributed by atoms with van der Waals surface area (Å²) in [6.45, 7) is 8.01. The molecule has 0 radical (unpaired) electrons. The van der Waals surface area contributed by atoms with Crippen molar-refractivity contribution in [3.63, 3.8) is 0 Å². The Bertz CT molecular complexity index is 1690. The van der Waals surface area contributed by atoms with Crippen molar-refractivity contribution < 1.29 is 19.0 Å². The van der Waals surface area contributed by atoms with Gasteiger partial charge >= 0.3 is 5.97 Å². The van der Waals surface area contributed by atoms with Gasteiger partial charge in [0.1, 0.15) is 11.4 Å². The number of aryl methyl sites for hydroxylation is 1. The number of hydrogen-bond donors (Lipinski definition) is 0. The maximum Gasteiger partial charge on any atom is 0.338 e. The van der Waals surface area contributed by atoms with Gasteiger partial charge in [-0.05, 0) is 137 Å². The first-order valence-corrected chi connectivity index (χ1v) is 19.1. The van der Waals surface area contributed by atoms with Gasteiger partial charge in [-0.2, -0.15) is 0 Å². The van der Waals surface area contributed by atoms with Gasteiger partial charge in [-0.1, -0.05) is 35.5 Å². The zero-order valence-electron chi connectivity index (χ0n) is 29.1. The van der Waals surface area contributed by atoms with Crippen LogP contribution in [0.25, 0.3) is 0 Å². The molecule has 0 bridgehead atoms. The lowest BCUT2D eigenvalue weighted by atomic mass is 9.65. The Kier molecular flexibility index (Phi) is 10.0. The lowest BCUT2D eigenvalue weighted by molar-refractivity contribution is 0.000517. The molecule has 3 aromatic rings. The number of benzene rings is 2. The molecule has 0 saturated heterocycles. The van der Waals surface area contributed by atoms with Crippen LogP contribution in [-0.4, -0.2) is 60.2 Å². The number of thioether (sulfide) groups is 1. The van der Waals surface area contributed by atoms with Crippen LogP contribution in [0.3, 0.4) is 0 Å². The number of methoxy groups -OCH3 is 1. The molecule has 5 atom stereocenters. The van der Waals surface area contributed by atoms with Crippen molar-refractivity contribution in [3.05, 3.63) is 88.2 Å². The van der Waals surface area contributed by atoms with Crippen molar-refractivity contribution in [2.45, 2.75) is 88.0 Å². The van der Waals surface area contributed by atoms with Gasteiger partial charge in [0.2, 0.25) is 0 Å². The number of halogens is 1. The van der Waals surface area contributed by atoms with E-state index < -0.39 is 5.60 Å². The molecule has 1 fully saturated rings. The number of ether oxygens (including phenoxy) is 3. The van der Waals surface area contributed by atoms with E-state index in [4.69, 9.17) is 25.8 Å². The molecule has 260 valence electrons. The van der Waals surface area contributed by atoms with Crippen molar-refractivity contribution >= 4 is 35.0 Å². The lowest BCUT2D eigenvalue weighted by Gasteiger charge is -2.48. The number of anilines is 1. The van der Waals surface area contributed by atoms with Crippen molar-refractivity contribution in [1.82, 2.24) is 9.97 Å². The minimum absolute atomic E-state index is 0.141. The Morgan fingerprint density at radius 1 is 1.16 bits per heavy atom. The maximum absolute atomic E-state index is 13.3. The number of carbonyl (C=O) groups excluding carboxylic acids is 1. The van der Waals surface area contributed by atoms with E-state index in [0.717, 1.165) is 85.4 Å². The monoisotopic (exact) mass is 701 g/mol. The van der Waals surface area contributed by atoms with Crippen LogP contribution in [0.1, 0.15) is 80.8 Å². The third-order valence-corrected chi connectivity index (χ3v) is 12.0. The van der Waals surface area contributed by atoms with Gasteiger partial charge in [0.25, 0.3) is 0 Å². The van der Waals surface area contributed by atoms with Crippen molar-refractivity contribution in [1.29, 1.82) is 0 Å². The summed E-state index contributed by atoms with van der Waals surface area (Å²) < 4.78 is 18.7. The second kappa shape index (κ2) is 14.3. The number of carbonyl (C=O) groups is 1. The summed E-state index contributed by atoms with van der Waals surface area (Å²) in [7, 11) is 1.87. The Hall–Kier alpha value is -3.07. The molecule has 1 aromatic heterocycles. The predicted molar refractivity (Wildman–Crippen MR) is 196 cm³/mol. The maximum atomic E-state index is 13.3. The van der Waals surface area contributed by atoms with Gasteiger partial charge in [-0.25, -0.2) is 14.8 Å². The van der Waals surface area contributed by atoms with Crippen molar-refractivity contribution in [3.8, 4) is 5.75 Å². The molecule has 0 amide bonds. The standard InChI is InChI=1S/C40H48ClN3O4S/c1-39(2,3)48-37(45)28-9-13-35-34(22-28)44(24-40(25-47-35)15-5-7-27-21-31(41)10-12-33(27)40)23-29-8-11-32(29)36(46-4)30-19-26(20-30)14-18-49-38-42-16-6-17-43-38/h6,9-10,12-13,16-17,19,21-22,26,29,32,36H,5,7-8,11,14-15,18,20,23-25H2,1-4H3/t26-,29-,32+,36-,40-/m0/s1. The molecule has 7 rings (SSSR count). The van der Waals surface area contributed by atoms with Crippen LogP contribution in [0, 0.1) is 17.8 Å². The summed E-state index contributed by atoms with van der Waals surface area (Å²) in [6.07, 6.45) is 13.9. The summed E-state index contributed by atoms with van der Waals surface area (Å²) in [5.74, 6) is 3.04. The van der Waals surface area contributed by atoms with E-state index in [1.165, 1.54) is 16.7 Å². The first kappa shape index (κ1) is 34.4. The minimum atomic E-state index is -0.574. The number of nitrogens with zero attached hydrogens (tertiary/aromatic N) is 3. The quantitative estimate of drug-likeness (QED) is 0.0900. The largest absolute Gasteiger partial charge is 0.490 e. The van der Waals surface area contributed by atoms with Gasteiger partial charge in [0.05, 0.1) is 24.0 Å². The summed E-state index contributed by atoms with van der Waals surface area (Å²) in [6, 6.07) is 14.0. The van der Waals surface area contributed by atoms with E-state index in [-0.39, 0.29) is 17.5 Å². The zero-order valence-corrected chi connectivity index (χ0v) is 30.7. The SMILES string of the molecule is CO[C@@H](C1=C[C@H](CCSc2ncccn2)C1)[C@@H]1CC[C@H]1CN1C[C@@]2(CCCc3cc(Cl)ccc32)COc2ccc(C(=O)OC(C)(C)C)cc21. The van der Waals surface area contributed by atoms with Crippen molar-refractivity contribution in [2.24, 2.45) is 17.8 Å². The highest BCUT2D eigenvalue weighted by molar-refractivity contribution is 7.99. The van der Waals surface area contributed by atoms with E-state index in [1.54, 1.807) is 24.2 Å². The Morgan fingerprint density at radius 2 is 1.98 bits per heavy atom. The third-order valence-electron chi connectivity index (χ3n) is 10.8. The topological polar surface area (TPSA) is 73.8 Å². The van der Waals surface area contributed by atoms with Crippen LogP contribution in [0.4, 0.5) is 5.69 Å². The number of fused-ring (bicyclic) bond motifs is 3. The molecule has 4 aliphatic rings. The van der Waals surface area contributed by atoms with Crippen LogP contribution in [0.15, 0.2) is 71.7 Å². The Morgan fingerprint density at radius 3 is 2.71 bits per heavy atom. The van der Waals surface area contributed by atoms with Crippen LogP contribution in [-0.2, 0) is 21.3 Å². The van der Waals surface area contributed by atoms with Crippen LogP contribution < -0.4 is 9.64 Å². The van der Waals surface area contributed by atoms with E-state index >= 15 is 0 Å². The zero-order chi connectivity index (χ0) is 34.2. The Labute approximate surface area is 300 Å². The van der Waals surface area contributed by atoms with E-state index in [1.807, 2.05) is 58.2 Å². The molecule has 1 aliphatic heterocycles. The average molecular weight is 702 g/mol. The predicted octanol–water partition coefficient (Wildman–Crippen LogP) is 8.73. The number of hydrogen-bond acceptors (Lipinski definition) is 8. The number of esters is 1. The summed E-state index contributed by atoms with van der Waals surface area (Å²) >= 11 is 8.21. The fourth-order valence-electron chi connectivity index (χ4n) is 8.31. The fourth-order valence-corrected chi connectivity index (χ4v) is 9.38. The summed E-state index contributed by atoms with van der Waals surface area (Å²) in [5, 5.41) is 1.63. The molecule has 7 nitrogen and oxygen atoms in total. The third kappa shape index (κ3) is 7.52. The summed E-state index contributed by atoms with van der Waals surface area (Å²) in [5.41, 5.74) is 4.90. The molecule has 2 aromatic carbocycles. The molecule has 0 N–H and O–H groups in total. The number of rotatable bonds is 10. The van der Waals surface area contributed by atoms with E-state index in [0.29, 0.717) is 29.9 Å². The van der Waals surface area contributed by atoms with Crippen LogP contribution in [0.2, 0.25) is 5.02 Å². The molecule has 49 heavy (non-hydrogen) atoms. The molecule has 0 unspecified atom stereocenters. The highest BCUT2D eigenvalue weighted by atomic mass is 35.5. The van der Waals surface area contributed by atoms with Crippen LogP contribution >= 0.6 is 23.4 Å². The average Bonchev–Trinajstić information content (AvgIpc) is 3.19. The molecule has 3 aliphatic carbocycles. The van der Waals surface area contributed by atoms with Gasteiger partial charge in [-0.15, -0.1) is 0 Å². The van der Waals surface area contributed by atoms with Crippen LogP contribution in [0.5, 0.6) is 5.75 Å². The smallest absolute Gasteiger partial charge is 0.338 e. The molecular weight excluding hydrogens is 654 g/mol. The minimum Gasteiger partial charge on any atom is -0.490 e. The van der Waals surface area contributed by atoms with Crippen molar-refractivity contribution in [2.75, 3.05) is 37.5 Å². The molecule has 1 spiro atoms. The van der Waals surface area contributed by atoms with Gasteiger partial charge in [-0.3, -0.25) is 0 Å². The summed E-state index contributed by atoms with van der Waals surface area (Å²) in [4.78, 5) is 24.5. The molecule has 1 saturated carbocycles. The second-order valence-electron chi connectivity index (χ2n) is 15.3. The van der Waals surface area contributed by atoms with Gasteiger partial charge < -0.3 is 19.1 Å². The van der Waals surface area contributed by atoms with E-state index in [9.17, 15) is 4.79 Å². The number of allylic oxidation sites excluding steroid dienone is 1. The molecule has 9 heteroatoms. The van der Waals surface area contributed by atoms with E-state index in [2.05, 4.69) is 33.1 Å². The fraction of sp³-hybridized carbons (Fsp3) is 0.525. The molecule has 2 heterocycles. The normalized spacial score (nSPS) is 25.1. The highest BCUT2D eigenvalue weighted by Gasteiger charge is 2.45. The van der Waals surface area contributed by atoms with Gasteiger partial charge in [0.15, 0.2) is 5.16 Å². The van der Waals surface area contributed by atoms with Gasteiger partial charge in [0, 0.05) is 48.8 Å². The molecular formula is C40H48ClN3O4S.